The molecule has 246 valence electrons. The lowest BCUT2D eigenvalue weighted by Crippen LogP contribution is -2.64. The average Bonchev–Trinajstić information content (AvgIpc) is 3.54. The molecule has 45 heavy (non-hydrogen) atoms. The first-order chi connectivity index (χ1) is 21.4. The van der Waals surface area contributed by atoms with Gasteiger partial charge in [0.25, 0.3) is 5.91 Å². The van der Waals surface area contributed by atoms with E-state index in [0.717, 1.165) is 12.1 Å². The quantitative estimate of drug-likeness (QED) is 0.343. The molecule has 4 aliphatic heterocycles. The number of carbonyl (C=O) groups excluding carboxylic acids is 4. The van der Waals surface area contributed by atoms with E-state index in [0.29, 0.717) is 0 Å². The molecular weight excluding hydrogens is 599 g/mol. The van der Waals surface area contributed by atoms with Gasteiger partial charge < -0.3 is 35.4 Å². The molecule has 4 saturated heterocycles. The molecule has 6 rings (SSSR count). The van der Waals surface area contributed by atoms with E-state index >= 15 is 0 Å². The minimum absolute atomic E-state index is 0.00802. The van der Waals surface area contributed by atoms with Crippen molar-refractivity contribution in [3.05, 3.63) is 35.6 Å². The van der Waals surface area contributed by atoms with Gasteiger partial charge in [0.2, 0.25) is 23.6 Å². The molecule has 0 radical (unpaired) electrons. The third-order valence-corrected chi connectivity index (χ3v) is 9.82. The third kappa shape index (κ3) is 6.53. The summed E-state index contributed by atoms with van der Waals surface area (Å²) in [5, 5.41) is 26.7. The largest absolute Gasteiger partial charge is 0.388 e. The number of nitrogens with one attached hydrogen (secondary N) is 2. The molecule has 0 aromatic heterocycles. The summed E-state index contributed by atoms with van der Waals surface area (Å²) in [4.78, 5) is 58.9. The number of carbonyl (C=O) groups is 4. The van der Waals surface area contributed by atoms with Crippen LogP contribution >= 0.6 is 0 Å². The second-order valence-electron chi connectivity index (χ2n) is 12.7. The molecule has 1 saturated carbocycles. The second-order valence-corrected chi connectivity index (χ2v) is 12.7. The van der Waals surface area contributed by atoms with Gasteiger partial charge in [0, 0.05) is 56.7 Å². The van der Waals surface area contributed by atoms with Crippen molar-refractivity contribution in [2.45, 2.75) is 93.0 Å². The zero-order valence-corrected chi connectivity index (χ0v) is 24.6. The van der Waals surface area contributed by atoms with Crippen LogP contribution in [0.25, 0.3) is 0 Å². The van der Waals surface area contributed by atoms with Crippen LogP contribution in [0.15, 0.2) is 24.3 Å². The van der Waals surface area contributed by atoms with Crippen LogP contribution in [0.1, 0.15) is 48.9 Å². The molecule has 0 unspecified atom stereocenters. The van der Waals surface area contributed by atoms with E-state index in [1.807, 2.05) is 4.90 Å². The number of alkyl halides is 2. The van der Waals surface area contributed by atoms with Gasteiger partial charge in [-0.25, -0.2) is 13.2 Å². The van der Waals surface area contributed by atoms with Crippen LogP contribution in [0.5, 0.6) is 0 Å². The van der Waals surface area contributed by atoms with Gasteiger partial charge in [-0.1, -0.05) is 0 Å². The molecule has 4 amide bonds. The molecule has 1 aromatic carbocycles. The number of hydrogen-bond acceptors (Lipinski definition) is 8. The van der Waals surface area contributed by atoms with Crippen LogP contribution in [0.4, 0.5) is 13.2 Å². The lowest BCUT2D eigenvalue weighted by atomic mass is 9.90. The summed E-state index contributed by atoms with van der Waals surface area (Å²) in [6.07, 6.45) is -5.18. The molecule has 5 fully saturated rings. The van der Waals surface area contributed by atoms with E-state index in [1.165, 1.54) is 21.9 Å². The number of aliphatic hydroxyl groups is 2. The first-order valence-corrected chi connectivity index (χ1v) is 15.5. The van der Waals surface area contributed by atoms with Crippen molar-refractivity contribution in [2.75, 3.05) is 32.7 Å². The molecule has 1 aromatic rings. The Morgan fingerprint density at radius 2 is 1.64 bits per heavy atom. The summed E-state index contributed by atoms with van der Waals surface area (Å²) in [6, 6.07) is 2.21. The lowest BCUT2D eigenvalue weighted by Gasteiger charge is -2.43. The number of ether oxygens (including phenoxy) is 1. The van der Waals surface area contributed by atoms with E-state index in [1.54, 1.807) is 0 Å². The van der Waals surface area contributed by atoms with Crippen molar-refractivity contribution >= 4 is 23.6 Å². The second kappa shape index (κ2) is 12.5. The van der Waals surface area contributed by atoms with Crippen molar-refractivity contribution < 1.29 is 47.3 Å². The number of fused-ring (bicyclic) bond motifs is 6. The first kappa shape index (κ1) is 31.7. The highest BCUT2D eigenvalue weighted by molar-refractivity contribution is 5.98. The fraction of sp³-hybridized carbons (Fsp3) is 0.667. The molecular formula is C30H38F3N5O7. The standard InChI is InChI=1S/C30H38F3N5O7/c31-17-3-1-16(2-4-17)28(43)37-10-9-36-15-21(37)27(42)34-13-23-26(41)25(40)22(45-23)12-24(39)35-18-11-20(29(36)44)38(14-18)19-5-7-30(32,33)8-6-19/h1-4,18-23,25-26,40-41H,5-15H2,(H,34,42)(H,35,39)/t18-,20-,21-,22-,23+,25-,26+/m0/s1. The van der Waals surface area contributed by atoms with Gasteiger partial charge in [-0.05, 0) is 43.5 Å². The predicted molar refractivity (Wildman–Crippen MR) is 150 cm³/mol. The zero-order valence-electron chi connectivity index (χ0n) is 24.6. The SMILES string of the molecule is O=C1C[C@@H]2O[C@H](CNC(=O)[C@@H]3CN(CCN3C(=O)c3ccc(F)cc3)C(=O)[C@@H]3C[C@@H](CN3C3CCC(F)(F)CC3)N1)[C@@H](O)[C@H]2O. The highest BCUT2D eigenvalue weighted by Crippen LogP contribution is 2.38. The molecule has 4 heterocycles. The molecule has 1 aliphatic carbocycles. The monoisotopic (exact) mass is 637 g/mol. The maximum atomic E-state index is 14.1. The van der Waals surface area contributed by atoms with Crippen LogP contribution in [-0.4, -0.2) is 136 Å². The number of benzene rings is 1. The van der Waals surface area contributed by atoms with Crippen LogP contribution < -0.4 is 10.6 Å². The summed E-state index contributed by atoms with van der Waals surface area (Å²) < 4.78 is 47.4. The number of likely N-dealkylation sites (tertiary alicyclic amines) is 1. The van der Waals surface area contributed by atoms with Gasteiger partial charge in [-0.3, -0.25) is 24.1 Å². The average molecular weight is 638 g/mol. The Morgan fingerprint density at radius 1 is 0.956 bits per heavy atom. The van der Waals surface area contributed by atoms with E-state index in [-0.39, 0.29) is 88.8 Å². The third-order valence-electron chi connectivity index (χ3n) is 9.82. The summed E-state index contributed by atoms with van der Waals surface area (Å²) in [5.41, 5.74) is 0.159. The Hall–Kier alpha value is -3.27. The Balaban J connectivity index is 1.29. The topological polar surface area (TPSA) is 152 Å². The smallest absolute Gasteiger partial charge is 0.254 e. The van der Waals surface area contributed by atoms with Gasteiger partial charge in [-0.2, -0.15) is 0 Å². The highest BCUT2D eigenvalue weighted by atomic mass is 19.3. The fourth-order valence-corrected chi connectivity index (χ4v) is 7.34. The molecule has 0 spiro atoms. The zero-order chi connectivity index (χ0) is 32.0. The maximum absolute atomic E-state index is 14.1. The summed E-state index contributed by atoms with van der Waals surface area (Å²) >= 11 is 0. The van der Waals surface area contributed by atoms with Gasteiger partial charge in [-0.15, -0.1) is 0 Å². The van der Waals surface area contributed by atoms with Gasteiger partial charge in [0.15, 0.2) is 0 Å². The van der Waals surface area contributed by atoms with Gasteiger partial charge in [0.05, 0.1) is 25.1 Å². The first-order valence-electron chi connectivity index (χ1n) is 15.5. The van der Waals surface area contributed by atoms with Crippen molar-refractivity contribution in [1.29, 1.82) is 0 Å². The van der Waals surface area contributed by atoms with E-state index < -0.39 is 72.0 Å². The fourth-order valence-electron chi connectivity index (χ4n) is 7.34. The predicted octanol–water partition coefficient (Wildman–Crippen LogP) is -0.375. The minimum atomic E-state index is -2.77. The Labute approximate surface area is 257 Å². The number of aliphatic hydroxyl groups excluding tert-OH is 2. The molecule has 15 heteroatoms. The van der Waals surface area contributed by atoms with E-state index in [2.05, 4.69) is 10.6 Å². The number of piperazine rings is 1. The highest BCUT2D eigenvalue weighted by Gasteiger charge is 2.49. The molecule has 6 bridgehead atoms. The van der Waals surface area contributed by atoms with Crippen LogP contribution in [0, 0.1) is 5.82 Å². The van der Waals surface area contributed by atoms with Crippen molar-refractivity contribution in [2.24, 2.45) is 0 Å². The van der Waals surface area contributed by atoms with Gasteiger partial charge in [0.1, 0.15) is 30.2 Å². The summed E-state index contributed by atoms with van der Waals surface area (Å²) in [5.74, 6) is -5.23. The van der Waals surface area contributed by atoms with Crippen molar-refractivity contribution in [3.8, 4) is 0 Å². The van der Waals surface area contributed by atoms with E-state index in [9.17, 15) is 42.6 Å². The number of hydrogen-bond donors (Lipinski definition) is 4. The van der Waals surface area contributed by atoms with E-state index in [4.69, 9.17) is 4.74 Å². The minimum Gasteiger partial charge on any atom is -0.388 e. The van der Waals surface area contributed by atoms with Crippen LogP contribution in [-0.2, 0) is 19.1 Å². The Morgan fingerprint density at radius 3 is 2.36 bits per heavy atom. The van der Waals surface area contributed by atoms with Crippen molar-refractivity contribution in [1.82, 2.24) is 25.3 Å². The summed E-state index contributed by atoms with van der Waals surface area (Å²) in [7, 11) is 0. The van der Waals surface area contributed by atoms with Crippen molar-refractivity contribution in [3.63, 3.8) is 0 Å². The summed E-state index contributed by atoms with van der Waals surface area (Å²) in [6.45, 7) is -0.0564. The normalized spacial score (nSPS) is 34.9. The molecule has 12 nitrogen and oxygen atoms in total. The van der Waals surface area contributed by atoms with Crippen LogP contribution in [0.2, 0.25) is 0 Å². The number of amides is 4. The molecule has 7 atom stereocenters. The Kier molecular flexibility index (Phi) is 8.80. The van der Waals surface area contributed by atoms with Crippen LogP contribution in [0.3, 0.4) is 0 Å². The number of nitrogens with zero attached hydrogens (tertiary/aromatic N) is 3. The maximum Gasteiger partial charge on any atom is 0.254 e. The lowest BCUT2D eigenvalue weighted by molar-refractivity contribution is -0.142. The molecule has 4 N–H and O–H groups in total. The van der Waals surface area contributed by atoms with Gasteiger partial charge >= 0.3 is 0 Å². The Bertz CT molecular complexity index is 1310. The number of halogens is 3. The number of rotatable bonds is 2. The molecule has 5 aliphatic rings.